The molecule has 7 heteroatoms. The summed E-state index contributed by atoms with van der Waals surface area (Å²) in [7, 11) is 0. The van der Waals surface area contributed by atoms with Crippen LogP contribution in [0.4, 0.5) is 0 Å². The molecule has 0 bridgehead atoms. The second kappa shape index (κ2) is 8.26. The van der Waals surface area contributed by atoms with E-state index in [0.717, 1.165) is 5.56 Å². The molecule has 0 radical (unpaired) electrons. The van der Waals surface area contributed by atoms with Crippen molar-refractivity contribution in [1.82, 2.24) is 19.9 Å². The van der Waals surface area contributed by atoms with Crippen LogP contribution < -0.4 is 10.3 Å². The van der Waals surface area contributed by atoms with Crippen LogP contribution in [0.15, 0.2) is 59.7 Å². The Labute approximate surface area is 168 Å². The SMILES string of the molecule is CC[C@H](Oc1ccccc1)C(=O)N1CCc2c(nc(-c3ccncc3)[nH]c2=O)C1. The topological polar surface area (TPSA) is 88.2 Å². The highest BCUT2D eigenvalue weighted by atomic mass is 16.5. The summed E-state index contributed by atoms with van der Waals surface area (Å²) in [6, 6.07) is 12.9. The van der Waals surface area contributed by atoms with Crippen molar-refractivity contribution in [3.05, 3.63) is 76.5 Å². The zero-order valence-electron chi connectivity index (χ0n) is 16.2. The van der Waals surface area contributed by atoms with Crippen LogP contribution in [0.2, 0.25) is 0 Å². The fourth-order valence-corrected chi connectivity index (χ4v) is 3.45. The van der Waals surface area contributed by atoms with Crippen LogP contribution >= 0.6 is 0 Å². The predicted octanol–water partition coefficient (Wildman–Crippen LogP) is 2.57. The van der Waals surface area contributed by atoms with Crippen LogP contribution in [-0.4, -0.2) is 38.4 Å². The second-order valence-electron chi connectivity index (χ2n) is 6.91. The molecule has 0 aliphatic carbocycles. The molecule has 0 unspecified atom stereocenters. The Kier molecular flexibility index (Phi) is 5.37. The zero-order chi connectivity index (χ0) is 20.2. The maximum absolute atomic E-state index is 13.1. The van der Waals surface area contributed by atoms with E-state index in [1.165, 1.54) is 0 Å². The number of hydrogen-bond donors (Lipinski definition) is 1. The van der Waals surface area contributed by atoms with E-state index in [1.807, 2.05) is 37.3 Å². The first kappa shape index (κ1) is 18.9. The Morgan fingerprint density at radius 3 is 2.69 bits per heavy atom. The Morgan fingerprint density at radius 2 is 1.97 bits per heavy atom. The standard InChI is InChI=1S/C22H22N4O3/c1-2-19(29-16-6-4-3-5-7-16)22(28)26-13-10-17-18(14-26)24-20(25-21(17)27)15-8-11-23-12-9-15/h3-9,11-12,19H,2,10,13-14H2,1H3,(H,24,25,27)/t19-/m0/s1. The van der Waals surface area contributed by atoms with Crippen LogP contribution in [0.5, 0.6) is 5.75 Å². The number of benzene rings is 1. The highest BCUT2D eigenvalue weighted by molar-refractivity contribution is 5.81. The van der Waals surface area contributed by atoms with Gasteiger partial charge in [0.1, 0.15) is 11.6 Å². The van der Waals surface area contributed by atoms with Gasteiger partial charge in [-0.15, -0.1) is 0 Å². The third-order valence-electron chi connectivity index (χ3n) is 5.01. The van der Waals surface area contributed by atoms with E-state index in [4.69, 9.17) is 4.74 Å². The highest BCUT2D eigenvalue weighted by Gasteiger charge is 2.29. The summed E-state index contributed by atoms with van der Waals surface area (Å²) in [5, 5.41) is 0. The lowest BCUT2D eigenvalue weighted by Crippen LogP contribution is -2.45. The number of ether oxygens (including phenoxy) is 1. The number of carbonyl (C=O) groups excluding carboxylic acids is 1. The van der Waals surface area contributed by atoms with E-state index < -0.39 is 6.10 Å². The highest BCUT2D eigenvalue weighted by Crippen LogP contribution is 2.21. The summed E-state index contributed by atoms with van der Waals surface area (Å²) in [5.41, 5.74) is 1.90. The molecular formula is C22H22N4O3. The molecule has 0 spiro atoms. The number of fused-ring (bicyclic) bond motifs is 1. The predicted molar refractivity (Wildman–Crippen MR) is 108 cm³/mol. The van der Waals surface area contributed by atoms with Crippen LogP contribution in [0.3, 0.4) is 0 Å². The summed E-state index contributed by atoms with van der Waals surface area (Å²) in [6.07, 6.45) is 3.76. The van der Waals surface area contributed by atoms with Crippen LogP contribution in [0.1, 0.15) is 24.6 Å². The maximum atomic E-state index is 13.1. The number of pyridine rings is 1. The number of aromatic amines is 1. The second-order valence-corrected chi connectivity index (χ2v) is 6.91. The van der Waals surface area contributed by atoms with E-state index in [1.54, 1.807) is 29.4 Å². The van der Waals surface area contributed by atoms with Gasteiger partial charge in [-0.2, -0.15) is 0 Å². The lowest BCUT2D eigenvalue weighted by Gasteiger charge is -2.31. The van der Waals surface area contributed by atoms with Crippen molar-refractivity contribution >= 4 is 5.91 Å². The Hall–Kier alpha value is -3.48. The van der Waals surface area contributed by atoms with Crippen LogP contribution in [-0.2, 0) is 17.8 Å². The van der Waals surface area contributed by atoms with Crippen molar-refractivity contribution in [3.8, 4) is 17.1 Å². The molecule has 1 atom stereocenters. The Bertz CT molecular complexity index is 1050. The molecular weight excluding hydrogens is 368 g/mol. The smallest absolute Gasteiger partial charge is 0.263 e. The van der Waals surface area contributed by atoms with E-state index in [9.17, 15) is 9.59 Å². The van der Waals surface area contributed by atoms with Gasteiger partial charge in [0, 0.05) is 30.1 Å². The molecule has 0 fully saturated rings. The number of nitrogens with zero attached hydrogens (tertiary/aromatic N) is 3. The number of nitrogens with one attached hydrogen (secondary N) is 1. The molecule has 1 amide bonds. The molecule has 0 saturated carbocycles. The molecule has 1 aliphatic heterocycles. The quantitative estimate of drug-likeness (QED) is 0.723. The van der Waals surface area contributed by atoms with Gasteiger partial charge >= 0.3 is 0 Å². The van der Waals surface area contributed by atoms with E-state index >= 15 is 0 Å². The average Bonchev–Trinajstić information content (AvgIpc) is 2.78. The Morgan fingerprint density at radius 1 is 1.21 bits per heavy atom. The van der Waals surface area contributed by atoms with Gasteiger partial charge in [0.25, 0.3) is 11.5 Å². The lowest BCUT2D eigenvalue weighted by atomic mass is 10.0. The minimum atomic E-state index is -0.569. The molecule has 3 heterocycles. The summed E-state index contributed by atoms with van der Waals surface area (Å²) in [4.78, 5) is 38.8. The maximum Gasteiger partial charge on any atom is 0.263 e. The molecule has 0 saturated heterocycles. The normalized spacial score (nSPS) is 14.2. The Balaban J connectivity index is 1.56. The number of para-hydroxylation sites is 1. The largest absolute Gasteiger partial charge is 0.481 e. The molecule has 2 aromatic heterocycles. The fraction of sp³-hybridized carbons (Fsp3) is 0.273. The number of carbonyl (C=O) groups is 1. The minimum Gasteiger partial charge on any atom is -0.481 e. The number of amides is 1. The summed E-state index contributed by atoms with van der Waals surface area (Å²) in [5.74, 6) is 1.06. The van der Waals surface area contributed by atoms with Gasteiger partial charge < -0.3 is 14.6 Å². The molecule has 1 aliphatic rings. The third kappa shape index (κ3) is 4.03. The van der Waals surface area contributed by atoms with Crippen molar-refractivity contribution < 1.29 is 9.53 Å². The lowest BCUT2D eigenvalue weighted by molar-refractivity contribution is -0.139. The van der Waals surface area contributed by atoms with Gasteiger partial charge in [0.2, 0.25) is 0 Å². The van der Waals surface area contributed by atoms with E-state index in [-0.39, 0.29) is 11.5 Å². The molecule has 3 aromatic rings. The van der Waals surface area contributed by atoms with Gasteiger partial charge in [0.15, 0.2) is 6.10 Å². The van der Waals surface area contributed by atoms with Crippen molar-refractivity contribution in [2.75, 3.05) is 6.54 Å². The van der Waals surface area contributed by atoms with Gasteiger partial charge in [-0.1, -0.05) is 25.1 Å². The number of rotatable bonds is 5. The molecule has 4 rings (SSSR count). The molecule has 29 heavy (non-hydrogen) atoms. The van der Waals surface area contributed by atoms with Gasteiger partial charge in [0.05, 0.1) is 12.2 Å². The van der Waals surface area contributed by atoms with Gasteiger partial charge in [-0.25, -0.2) is 4.98 Å². The van der Waals surface area contributed by atoms with Crippen LogP contribution in [0.25, 0.3) is 11.4 Å². The molecule has 148 valence electrons. The first-order valence-electron chi connectivity index (χ1n) is 9.68. The first-order valence-corrected chi connectivity index (χ1v) is 9.68. The van der Waals surface area contributed by atoms with Crippen LogP contribution in [0, 0.1) is 0 Å². The van der Waals surface area contributed by atoms with Gasteiger partial charge in [-0.05, 0) is 37.1 Å². The van der Waals surface area contributed by atoms with Crippen molar-refractivity contribution in [2.24, 2.45) is 0 Å². The summed E-state index contributed by atoms with van der Waals surface area (Å²) >= 11 is 0. The zero-order valence-corrected chi connectivity index (χ0v) is 16.2. The van der Waals surface area contributed by atoms with Crippen molar-refractivity contribution in [3.63, 3.8) is 0 Å². The summed E-state index contributed by atoms with van der Waals surface area (Å²) < 4.78 is 5.90. The van der Waals surface area contributed by atoms with Crippen molar-refractivity contribution in [2.45, 2.75) is 32.4 Å². The van der Waals surface area contributed by atoms with Gasteiger partial charge in [-0.3, -0.25) is 14.6 Å². The number of aromatic nitrogens is 3. The monoisotopic (exact) mass is 390 g/mol. The number of hydrogen-bond acceptors (Lipinski definition) is 5. The van der Waals surface area contributed by atoms with E-state index in [0.29, 0.717) is 48.8 Å². The fourth-order valence-electron chi connectivity index (χ4n) is 3.45. The summed E-state index contributed by atoms with van der Waals surface area (Å²) in [6.45, 7) is 2.69. The number of H-pyrrole nitrogens is 1. The van der Waals surface area contributed by atoms with Crippen molar-refractivity contribution in [1.29, 1.82) is 0 Å². The van der Waals surface area contributed by atoms with E-state index in [2.05, 4.69) is 15.0 Å². The molecule has 1 aromatic carbocycles. The third-order valence-corrected chi connectivity index (χ3v) is 5.01. The first-order chi connectivity index (χ1) is 14.2. The molecule has 1 N–H and O–H groups in total. The molecule has 7 nitrogen and oxygen atoms in total. The average molecular weight is 390 g/mol. The minimum absolute atomic E-state index is 0.0884.